The molecule has 8 heteroatoms. The second-order valence-corrected chi connectivity index (χ2v) is 6.75. The van der Waals surface area contributed by atoms with Gasteiger partial charge in [0.15, 0.2) is 5.96 Å². The second kappa shape index (κ2) is 9.86. The van der Waals surface area contributed by atoms with Crippen LogP contribution in [-0.4, -0.2) is 48.4 Å². The number of aliphatic imine (C=N–C) groups is 1. The number of rotatable bonds is 7. The van der Waals surface area contributed by atoms with Crippen LogP contribution in [0.2, 0.25) is 0 Å². The van der Waals surface area contributed by atoms with Gasteiger partial charge in [0.05, 0.1) is 29.4 Å². The maximum absolute atomic E-state index is 13.6. The highest BCUT2D eigenvalue weighted by atomic mass is 32.1. The summed E-state index contributed by atoms with van der Waals surface area (Å²) in [4.78, 5) is 22.9. The molecule has 1 aromatic carbocycles. The molecule has 1 heterocycles. The Bertz CT molecular complexity index is 762. The summed E-state index contributed by atoms with van der Waals surface area (Å²) >= 11 is 1.62. The number of halogens is 1. The Morgan fingerprint density at radius 2 is 2.12 bits per heavy atom. The molecule has 0 bridgehead atoms. The van der Waals surface area contributed by atoms with E-state index in [2.05, 4.69) is 20.6 Å². The lowest BCUT2D eigenvalue weighted by molar-refractivity contribution is 0.0951. The number of hydrogen-bond donors (Lipinski definition) is 2. The molecule has 0 unspecified atom stereocenters. The number of guanidine groups is 1. The zero-order valence-corrected chi connectivity index (χ0v) is 16.1. The highest BCUT2D eigenvalue weighted by Crippen LogP contribution is 2.10. The molecular formula is C18H24FN5OS. The molecule has 0 saturated carbocycles. The van der Waals surface area contributed by atoms with Crippen LogP contribution in [-0.2, 0) is 6.54 Å². The van der Waals surface area contributed by atoms with Gasteiger partial charge in [-0.3, -0.25) is 9.79 Å². The Kier molecular flexibility index (Phi) is 7.53. The molecule has 1 amide bonds. The highest BCUT2D eigenvalue weighted by Gasteiger charge is 2.11. The fraction of sp³-hybridized carbons (Fsp3) is 0.389. The minimum Gasteiger partial charge on any atom is -0.357 e. The maximum Gasteiger partial charge on any atom is 0.254 e. The lowest BCUT2D eigenvalue weighted by Gasteiger charge is -2.21. The number of carbonyl (C=O) groups excluding carboxylic acids is 1. The summed E-state index contributed by atoms with van der Waals surface area (Å²) in [5, 5.41) is 8.97. The zero-order chi connectivity index (χ0) is 18.9. The molecule has 1 aromatic heterocycles. The summed E-state index contributed by atoms with van der Waals surface area (Å²) in [5.41, 5.74) is 1.04. The fourth-order valence-electron chi connectivity index (χ4n) is 2.34. The van der Waals surface area contributed by atoms with Gasteiger partial charge in [-0.15, -0.1) is 11.3 Å². The second-order valence-electron chi connectivity index (χ2n) is 5.69. The maximum atomic E-state index is 13.6. The van der Waals surface area contributed by atoms with Crippen LogP contribution >= 0.6 is 11.3 Å². The first-order valence-corrected chi connectivity index (χ1v) is 9.32. The van der Waals surface area contributed by atoms with Gasteiger partial charge < -0.3 is 15.5 Å². The Hall–Kier alpha value is -2.48. The van der Waals surface area contributed by atoms with Crippen molar-refractivity contribution < 1.29 is 9.18 Å². The van der Waals surface area contributed by atoms with Gasteiger partial charge in [0.25, 0.3) is 5.91 Å². The molecule has 0 aliphatic carbocycles. The minimum atomic E-state index is -0.528. The number of amides is 1. The first-order chi connectivity index (χ1) is 12.5. The third-order valence-corrected chi connectivity index (χ3v) is 4.36. The zero-order valence-electron chi connectivity index (χ0n) is 15.3. The largest absolute Gasteiger partial charge is 0.357 e. The molecule has 0 radical (unpaired) electrons. The molecule has 0 fully saturated rings. The number of thiazole rings is 1. The Labute approximate surface area is 157 Å². The fourth-order valence-corrected chi connectivity index (χ4v) is 2.94. The summed E-state index contributed by atoms with van der Waals surface area (Å²) in [6, 6.07) is 5.92. The normalized spacial score (nSPS) is 11.3. The minimum absolute atomic E-state index is 0.0411. The number of hydrogen-bond acceptors (Lipinski definition) is 4. The highest BCUT2D eigenvalue weighted by molar-refractivity contribution is 7.09. The standard InChI is InChI=1S/C18H24FN5OS/c1-4-20-18(24(3)11-14-12-26-13(2)23-14)22-10-9-21-17(25)15-7-5-6-8-16(15)19/h5-8,12H,4,9-11H2,1-3H3,(H,20,22)(H,21,25). The molecule has 6 nitrogen and oxygen atoms in total. The van der Waals surface area contributed by atoms with Gasteiger partial charge in [-0.25, -0.2) is 9.37 Å². The van der Waals surface area contributed by atoms with E-state index in [1.807, 2.05) is 31.2 Å². The van der Waals surface area contributed by atoms with Crippen LogP contribution in [0.4, 0.5) is 4.39 Å². The van der Waals surface area contributed by atoms with Gasteiger partial charge in [0.1, 0.15) is 5.82 Å². The van der Waals surface area contributed by atoms with E-state index in [0.29, 0.717) is 19.6 Å². The summed E-state index contributed by atoms with van der Waals surface area (Å²) in [6.45, 7) is 6.08. The van der Waals surface area contributed by atoms with Crippen LogP contribution in [0.5, 0.6) is 0 Å². The Morgan fingerprint density at radius 1 is 1.35 bits per heavy atom. The number of nitrogens with one attached hydrogen (secondary N) is 2. The average molecular weight is 377 g/mol. The van der Waals surface area contributed by atoms with Crippen molar-refractivity contribution in [2.24, 2.45) is 4.99 Å². The third kappa shape index (κ3) is 5.80. The van der Waals surface area contributed by atoms with Crippen molar-refractivity contribution in [1.29, 1.82) is 0 Å². The first kappa shape index (κ1) is 19.8. The van der Waals surface area contributed by atoms with Crippen LogP contribution in [0.3, 0.4) is 0 Å². The molecule has 2 aromatic rings. The number of carbonyl (C=O) groups is 1. The van der Waals surface area contributed by atoms with Gasteiger partial charge in [0, 0.05) is 25.5 Å². The van der Waals surface area contributed by atoms with E-state index in [1.165, 1.54) is 12.1 Å². The van der Waals surface area contributed by atoms with Crippen molar-refractivity contribution in [2.75, 3.05) is 26.7 Å². The molecule has 0 atom stereocenters. The summed E-state index contributed by atoms with van der Waals surface area (Å²) in [7, 11) is 1.94. The van der Waals surface area contributed by atoms with Crippen molar-refractivity contribution in [2.45, 2.75) is 20.4 Å². The van der Waals surface area contributed by atoms with Gasteiger partial charge in [-0.2, -0.15) is 0 Å². The van der Waals surface area contributed by atoms with Crippen LogP contribution < -0.4 is 10.6 Å². The SMILES string of the molecule is CCNC(=NCCNC(=O)c1ccccc1F)N(C)Cc1csc(C)n1. The van der Waals surface area contributed by atoms with Gasteiger partial charge >= 0.3 is 0 Å². The van der Waals surface area contributed by atoms with E-state index < -0.39 is 11.7 Å². The Morgan fingerprint density at radius 3 is 2.77 bits per heavy atom. The summed E-state index contributed by atoms with van der Waals surface area (Å²) < 4.78 is 13.6. The van der Waals surface area contributed by atoms with Crippen LogP contribution in [0.1, 0.15) is 28.0 Å². The number of benzene rings is 1. The summed E-state index contributed by atoms with van der Waals surface area (Å²) in [5.74, 6) is -0.229. The molecule has 2 N–H and O–H groups in total. The lowest BCUT2D eigenvalue weighted by Crippen LogP contribution is -2.39. The average Bonchev–Trinajstić information content (AvgIpc) is 3.02. The van der Waals surface area contributed by atoms with E-state index in [9.17, 15) is 9.18 Å². The van der Waals surface area contributed by atoms with Crippen LogP contribution in [0, 0.1) is 12.7 Å². The lowest BCUT2D eigenvalue weighted by atomic mass is 10.2. The molecule has 0 saturated heterocycles. The topological polar surface area (TPSA) is 69.6 Å². The van der Waals surface area contributed by atoms with Crippen molar-refractivity contribution in [1.82, 2.24) is 20.5 Å². The molecular weight excluding hydrogens is 353 g/mol. The predicted molar refractivity (Wildman–Crippen MR) is 103 cm³/mol. The van der Waals surface area contributed by atoms with Gasteiger partial charge in [-0.05, 0) is 26.0 Å². The van der Waals surface area contributed by atoms with Gasteiger partial charge in [-0.1, -0.05) is 12.1 Å². The van der Waals surface area contributed by atoms with Crippen molar-refractivity contribution in [3.8, 4) is 0 Å². The van der Waals surface area contributed by atoms with E-state index >= 15 is 0 Å². The van der Waals surface area contributed by atoms with Crippen molar-refractivity contribution >= 4 is 23.2 Å². The molecule has 0 aliphatic rings. The number of nitrogens with zero attached hydrogens (tertiary/aromatic N) is 3. The number of aromatic nitrogens is 1. The van der Waals surface area contributed by atoms with E-state index in [4.69, 9.17) is 0 Å². The quantitative estimate of drug-likeness (QED) is 0.442. The van der Waals surface area contributed by atoms with Crippen molar-refractivity contribution in [3.63, 3.8) is 0 Å². The smallest absolute Gasteiger partial charge is 0.254 e. The first-order valence-electron chi connectivity index (χ1n) is 8.44. The summed E-state index contributed by atoms with van der Waals surface area (Å²) in [6.07, 6.45) is 0. The third-order valence-electron chi connectivity index (χ3n) is 3.54. The van der Waals surface area contributed by atoms with Crippen LogP contribution in [0.25, 0.3) is 0 Å². The van der Waals surface area contributed by atoms with E-state index in [1.54, 1.807) is 23.5 Å². The molecule has 26 heavy (non-hydrogen) atoms. The van der Waals surface area contributed by atoms with E-state index in [0.717, 1.165) is 23.2 Å². The predicted octanol–water partition coefficient (Wildman–Crippen LogP) is 2.42. The van der Waals surface area contributed by atoms with Crippen LogP contribution in [0.15, 0.2) is 34.6 Å². The molecule has 140 valence electrons. The Balaban J connectivity index is 1.88. The van der Waals surface area contributed by atoms with Crippen molar-refractivity contribution in [3.05, 3.63) is 51.7 Å². The number of aryl methyl sites for hydroxylation is 1. The molecule has 0 aliphatic heterocycles. The molecule has 2 rings (SSSR count). The van der Waals surface area contributed by atoms with E-state index in [-0.39, 0.29) is 5.56 Å². The molecule has 0 spiro atoms. The monoisotopic (exact) mass is 377 g/mol. The van der Waals surface area contributed by atoms with Gasteiger partial charge in [0.2, 0.25) is 0 Å².